The summed E-state index contributed by atoms with van der Waals surface area (Å²) < 4.78 is 0. The van der Waals surface area contributed by atoms with E-state index in [-0.39, 0.29) is 5.91 Å². The van der Waals surface area contributed by atoms with E-state index in [9.17, 15) is 4.79 Å². The molecule has 0 bridgehead atoms. The van der Waals surface area contributed by atoms with E-state index in [2.05, 4.69) is 64.9 Å². The van der Waals surface area contributed by atoms with Gasteiger partial charge in [-0.3, -0.25) is 19.6 Å². The van der Waals surface area contributed by atoms with Crippen molar-refractivity contribution in [2.24, 2.45) is 4.99 Å². The summed E-state index contributed by atoms with van der Waals surface area (Å²) in [5.41, 5.74) is 2.83. The van der Waals surface area contributed by atoms with Crippen LogP contribution in [0, 0.1) is 0 Å². The third-order valence-corrected chi connectivity index (χ3v) is 8.32. The Morgan fingerprint density at radius 1 is 1.00 bits per heavy atom. The van der Waals surface area contributed by atoms with E-state index in [4.69, 9.17) is 28.2 Å². The summed E-state index contributed by atoms with van der Waals surface area (Å²) in [7, 11) is 0. The summed E-state index contributed by atoms with van der Waals surface area (Å²) in [5.74, 6) is 1.06. The molecule has 0 radical (unpaired) electrons. The van der Waals surface area contributed by atoms with Gasteiger partial charge in [0.05, 0.1) is 22.3 Å². The van der Waals surface area contributed by atoms with Gasteiger partial charge >= 0.3 is 0 Å². The van der Waals surface area contributed by atoms with Crippen LogP contribution in [0.2, 0.25) is 10.0 Å². The highest BCUT2D eigenvalue weighted by Gasteiger charge is 2.41. The Bertz CT molecular complexity index is 1450. The van der Waals surface area contributed by atoms with Crippen LogP contribution >= 0.6 is 23.2 Å². The van der Waals surface area contributed by atoms with Gasteiger partial charge in [0.2, 0.25) is 11.9 Å². The van der Waals surface area contributed by atoms with Gasteiger partial charge in [-0.2, -0.15) is 4.98 Å². The normalized spacial score (nSPS) is 21.0. The number of nitrogens with zero attached hydrogens (tertiary/aromatic N) is 7. The molecule has 2 aromatic carbocycles. The molecule has 1 fully saturated rings. The minimum Gasteiger partial charge on any atom is -0.368 e. The maximum Gasteiger partial charge on any atom is 0.270 e. The monoisotopic (exact) mass is 578 g/mol. The first-order valence-electron chi connectivity index (χ1n) is 13.6. The van der Waals surface area contributed by atoms with Gasteiger partial charge < -0.3 is 10.2 Å². The number of hydrogen-bond donors (Lipinski definition) is 1. The topological polar surface area (TPSA) is 80.2 Å². The first-order chi connectivity index (χ1) is 19.2. The predicted octanol–water partition coefficient (Wildman–Crippen LogP) is 5.67. The number of benzene rings is 2. The minimum absolute atomic E-state index is 0.321. The van der Waals surface area contributed by atoms with E-state index in [1.54, 1.807) is 24.4 Å². The van der Waals surface area contributed by atoms with Crippen LogP contribution < -0.4 is 20.0 Å². The van der Waals surface area contributed by atoms with Crippen LogP contribution in [0.25, 0.3) is 0 Å². The highest BCUT2D eigenvalue weighted by atomic mass is 35.5. The molecule has 1 saturated heterocycles. The van der Waals surface area contributed by atoms with Crippen molar-refractivity contribution in [1.82, 2.24) is 14.9 Å². The Balaban J connectivity index is 1.22. The molecule has 0 unspecified atom stereocenters. The lowest BCUT2D eigenvalue weighted by atomic mass is 10.0. The molecule has 9 nitrogen and oxygen atoms in total. The van der Waals surface area contributed by atoms with Crippen LogP contribution in [0.4, 0.5) is 28.8 Å². The molecule has 40 heavy (non-hydrogen) atoms. The summed E-state index contributed by atoms with van der Waals surface area (Å²) in [6.07, 6.45) is 1.55. The molecule has 11 heteroatoms. The summed E-state index contributed by atoms with van der Waals surface area (Å²) in [6.45, 7) is 12.2. The Morgan fingerprint density at radius 3 is 2.33 bits per heavy atom. The molecule has 0 spiro atoms. The Kier molecular flexibility index (Phi) is 7.06. The predicted molar refractivity (Wildman–Crippen MR) is 163 cm³/mol. The van der Waals surface area contributed by atoms with E-state index in [1.807, 2.05) is 17.0 Å². The first-order valence-corrected chi connectivity index (χ1v) is 14.4. The van der Waals surface area contributed by atoms with Crippen LogP contribution in [-0.4, -0.2) is 71.0 Å². The highest BCUT2D eigenvalue weighted by Crippen LogP contribution is 2.39. The number of rotatable bonds is 5. The number of halogens is 2. The van der Waals surface area contributed by atoms with E-state index >= 15 is 0 Å². The highest BCUT2D eigenvalue weighted by molar-refractivity contribution is 6.43. The number of hydrogen-bond acceptors (Lipinski definition) is 8. The second-order valence-electron chi connectivity index (χ2n) is 10.8. The molecule has 0 saturated carbocycles. The van der Waals surface area contributed by atoms with Crippen LogP contribution in [0.1, 0.15) is 38.1 Å². The fourth-order valence-electron chi connectivity index (χ4n) is 6.18. The average molecular weight is 580 g/mol. The zero-order valence-corrected chi connectivity index (χ0v) is 24.5. The van der Waals surface area contributed by atoms with E-state index in [0.717, 1.165) is 18.8 Å². The maximum absolute atomic E-state index is 13.6. The minimum atomic E-state index is -0.321. The molecule has 4 heterocycles. The third kappa shape index (κ3) is 4.66. The van der Waals surface area contributed by atoms with Gasteiger partial charge in [-0.25, -0.2) is 9.88 Å². The second kappa shape index (κ2) is 10.5. The second-order valence-corrected chi connectivity index (χ2v) is 11.6. The number of carbonyl (C=O) groups excluding carboxylic acids is 1. The molecule has 208 valence electrons. The van der Waals surface area contributed by atoms with Crippen molar-refractivity contribution < 1.29 is 4.79 Å². The number of aromatic nitrogens is 2. The van der Waals surface area contributed by atoms with Gasteiger partial charge in [0.15, 0.2) is 5.82 Å². The number of guanidine groups is 1. The number of aliphatic imine (C=N–C) groups is 1. The summed E-state index contributed by atoms with van der Waals surface area (Å²) in [5, 5.41) is 4.03. The van der Waals surface area contributed by atoms with Crippen molar-refractivity contribution in [3.63, 3.8) is 0 Å². The van der Waals surface area contributed by atoms with E-state index < -0.39 is 0 Å². The van der Waals surface area contributed by atoms with Crippen LogP contribution in [0.15, 0.2) is 53.7 Å². The molecule has 1 amide bonds. The van der Waals surface area contributed by atoms with Crippen LogP contribution in [-0.2, 0) is 0 Å². The molecule has 0 aliphatic carbocycles. The van der Waals surface area contributed by atoms with Gasteiger partial charge in [-0.05, 0) is 64.1 Å². The molecule has 3 aliphatic rings. The number of nitrogens with one attached hydrogen (secondary N) is 1. The number of anilines is 5. The Morgan fingerprint density at radius 2 is 1.68 bits per heavy atom. The van der Waals surface area contributed by atoms with Crippen molar-refractivity contribution >= 4 is 63.9 Å². The van der Waals surface area contributed by atoms with Gasteiger partial charge in [-0.1, -0.05) is 29.3 Å². The Labute approximate surface area is 244 Å². The van der Waals surface area contributed by atoms with Crippen molar-refractivity contribution in [2.75, 3.05) is 46.2 Å². The molecule has 3 aliphatic heterocycles. The first kappa shape index (κ1) is 26.8. The van der Waals surface area contributed by atoms with E-state index in [0.29, 0.717) is 70.2 Å². The third-order valence-electron chi connectivity index (χ3n) is 7.71. The molecule has 3 aromatic rings. The van der Waals surface area contributed by atoms with Crippen molar-refractivity contribution in [3.05, 3.63) is 64.3 Å². The standard InChI is InChI=1S/C29H32Cl2N8O/c1-17(2)38-18(3)15-36(16-19(38)4)21-10-8-20(9-11-21)34-28-33-14-22-26(35-28)37-13-12-32-29(37)39(27(22)40)25-23(30)6-5-7-24(25)31/h5-11,14,17-19H,12-13,15-16H2,1-4H3,(H,33,34,35)/t18-,19+. The number of carbonyl (C=O) groups is 1. The van der Waals surface area contributed by atoms with Crippen molar-refractivity contribution in [3.8, 4) is 0 Å². The lowest BCUT2D eigenvalue weighted by Gasteiger charge is -2.47. The molecule has 6 rings (SSSR count). The largest absolute Gasteiger partial charge is 0.368 e. The Hall–Kier alpha value is -3.40. The van der Waals surface area contributed by atoms with Gasteiger partial charge in [0.25, 0.3) is 5.91 Å². The molecular weight excluding hydrogens is 547 g/mol. The van der Waals surface area contributed by atoms with Crippen molar-refractivity contribution in [2.45, 2.75) is 45.8 Å². The average Bonchev–Trinajstić information content (AvgIpc) is 3.40. The van der Waals surface area contributed by atoms with Crippen molar-refractivity contribution in [1.29, 1.82) is 0 Å². The molecule has 1 N–H and O–H groups in total. The number of para-hydroxylation sites is 1. The summed E-state index contributed by atoms with van der Waals surface area (Å²) >= 11 is 12.9. The number of piperazine rings is 1. The lowest BCUT2D eigenvalue weighted by molar-refractivity contribution is 0.0954. The van der Waals surface area contributed by atoms with Crippen LogP contribution in [0.5, 0.6) is 0 Å². The fourth-order valence-corrected chi connectivity index (χ4v) is 6.75. The van der Waals surface area contributed by atoms with Gasteiger partial charge in [-0.15, -0.1) is 0 Å². The zero-order valence-electron chi connectivity index (χ0n) is 23.0. The fraction of sp³-hybridized carbons (Fsp3) is 0.379. The van der Waals surface area contributed by atoms with Gasteiger partial charge in [0, 0.05) is 55.3 Å². The number of fused-ring (bicyclic) bond motifs is 3. The molecule has 1 aromatic heterocycles. The van der Waals surface area contributed by atoms with E-state index in [1.165, 1.54) is 10.6 Å². The van der Waals surface area contributed by atoms with Gasteiger partial charge in [0.1, 0.15) is 5.56 Å². The zero-order chi connectivity index (χ0) is 28.1. The summed E-state index contributed by atoms with van der Waals surface area (Å²) in [4.78, 5) is 35.8. The number of amides is 1. The molecular formula is C29H32Cl2N8O. The molecule has 2 atom stereocenters. The van der Waals surface area contributed by atoms with Crippen LogP contribution in [0.3, 0.4) is 0 Å². The smallest absolute Gasteiger partial charge is 0.270 e. The summed E-state index contributed by atoms with van der Waals surface area (Å²) in [6, 6.07) is 15.0. The maximum atomic E-state index is 13.6. The quantitative estimate of drug-likeness (QED) is 0.417. The SMILES string of the molecule is CC(C)N1[C@H](C)CN(c2ccc(Nc3ncc4c(n3)N3CCN=C3N(c3c(Cl)cccc3Cl)C4=O)cc2)C[C@@H]1C. The lowest BCUT2D eigenvalue weighted by Crippen LogP contribution is -2.58.